The van der Waals surface area contributed by atoms with E-state index in [0.717, 1.165) is 47.0 Å². The van der Waals surface area contributed by atoms with Crippen molar-refractivity contribution in [1.29, 1.82) is 0 Å². The second-order valence-corrected chi connectivity index (χ2v) is 8.04. The van der Waals surface area contributed by atoms with Gasteiger partial charge in [-0.15, -0.1) is 10.2 Å². The van der Waals surface area contributed by atoms with E-state index in [4.69, 9.17) is 9.47 Å². The lowest BCUT2D eigenvalue weighted by atomic mass is 10.0. The lowest BCUT2D eigenvalue weighted by Crippen LogP contribution is -2.17. The fraction of sp³-hybridized carbons (Fsp3) is 0.375. The molecule has 0 saturated heterocycles. The van der Waals surface area contributed by atoms with Crippen molar-refractivity contribution in [1.82, 2.24) is 14.8 Å². The van der Waals surface area contributed by atoms with Gasteiger partial charge in [-0.05, 0) is 55.2 Å². The van der Waals surface area contributed by atoms with Gasteiger partial charge in [0.05, 0.1) is 12.9 Å². The van der Waals surface area contributed by atoms with Crippen molar-refractivity contribution in [3.8, 4) is 11.5 Å². The summed E-state index contributed by atoms with van der Waals surface area (Å²) in [5.41, 5.74) is 3.24. The molecule has 0 aliphatic rings. The Balaban J connectivity index is 1.61. The third kappa shape index (κ3) is 5.82. The van der Waals surface area contributed by atoms with E-state index in [1.54, 1.807) is 7.11 Å². The Labute approximate surface area is 193 Å². The van der Waals surface area contributed by atoms with E-state index in [-0.39, 0.29) is 11.7 Å². The van der Waals surface area contributed by atoms with Gasteiger partial charge in [-0.25, -0.2) is 0 Å². The number of nitrogens with one attached hydrogen (secondary N) is 1. The first-order valence-corrected chi connectivity index (χ1v) is 11.8. The van der Waals surface area contributed by atoms with Crippen LogP contribution >= 0.6 is 11.8 Å². The van der Waals surface area contributed by atoms with Gasteiger partial charge in [0.15, 0.2) is 11.0 Å². The minimum absolute atomic E-state index is 0.0488. The van der Waals surface area contributed by atoms with Gasteiger partial charge in [0.25, 0.3) is 0 Å². The van der Waals surface area contributed by atoms with Crippen LogP contribution in [0.25, 0.3) is 0 Å². The Bertz CT molecular complexity index is 1010. The fourth-order valence-corrected chi connectivity index (χ4v) is 4.20. The molecule has 0 aliphatic carbocycles. The number of benzene rings is 2. The summed E-state index contributed by atoms with van der Waals surface area (Å²) in [5.74, 6) is 2.44. The molecule has 1 aromatic heterocycles. The molecule has 1 N–H and O–H groups in total. The second kappa shape index (κ2) is 11.6. The highest BCUT2D eigenvalue weighted by Crippen LogP contribution is 2.24. The number of rotatable bonds is 11. The number of para-hydroxylation sites is 1. The third-order valence-corrected chi connectivity index (χ3v) is 6.10. The van der Waals surface area contributed by atoms with E-state index in [9.17, 15) is 4.79 Å². The Morgan fingerprint density at radius 3 is 2.25 bits per heavy atom. The van der Waals surface area contributed by atoms with Crippen molar-refractivity contribution in [2.45, 2.75) is 51.9 Å². The summed E-state index contributed by atoms with van der Waals surface area (Å²) in [5, 5.41) is 12.3. The highest BCUT2D eigenvalue weighted by atomic mass is 32.2. The Hall–Kier alpha value is -3.00. The molecule has 0 spiro atoms. The van der Waals surface area contributed by atoms with Gasteiger partial charge in [-0.2, -0.15) is 0 Å². The summed E-state index contributed by atoms with van der Waals surface area (Å²) >= 11 is 1.38. The molecule has 3 rings (SSSR count). The highest BCUT2D eigenvalue weighted by Gasteiger charge is 2.15. The zero-order valence-electron chi connectivity index (χ0n) is 19.1. The molecule has 32 heavy (non-hydrogen) atoms. The van der Waals surface area contributed by atoms with E-state index >= 15 is 0 Å². The summed E-state index contributed by atoms with van der Waals surface area (Å²) in [6, 6.07) is 13.6. The van der Waals surface area contributed by atoms with E-state index in [1.807, 2.05) is 41.8 Å². The number of hydrogen-bond acceptors (Lipinski definition) is 6. The van der Waals surface area contributed by atoms with Crippen molar-refractivity contribution in [2.75, 3.05) is 18.2 Å². The number of methoxy groups -OCH3 is 1. The first-order valence-electron chi connectivity index (χ1n) is 10.8. The SMILES string of the molecule is CCc1cccc(CC)c1NC(=O)CSc1nnc(COc2ccc(OC)cc2)n1CC. The fourth-order valence-electron chi connectivity index (χ4n) is 3.38. The van der Waals surface area contributed by atoms with Crippen LogP contribution in [0.3, 0.4) is 0 Å². The average molecular weight is 455 g/mol. The van der Waals surface area contributed by atoms with Crippen LogP contribution in [0.15, 0.2) is 47.6 Å². The van der Waals surface area contributed by atoms with Crippen LogP contribution in [0, 0.1) is 0 Å². The molecule has 0 fully saturated rings. The number of aromatic nitrogens is 3. The van der Waals surface area contributed by atoms with Crippen LogP contribution in [0.4, 0.5) is 5.69 Å². The molecule has 8 heteroatoms. The summed E-state index contributed by atoms with van der Waals surface area (Å²) in [7, 11) is 1.63. The van der Waals surface area contributed by atoms with Gasteiger partial charge in [-0.3, -0.25) is 4.79 Å². The Morgan fingerprint density at radius 1 is 1.00 bits per heavy atom. The van der Waals surface area contributed by atoms with Crippen molar-refractivity contribution >= 4 is 23.4 Å². The van der Waals surface area contributed by atoms with Crippen LogP contribution in [0.1, 0.15) is 37.7 Å². The summed E-state index contributed by atoms with van der Waals surface area (Å²) in [6.45, 7) is 7.20. The van der Waals surface area contributed by atoms with Gasteiger partial charge in [0, 0.05) is 12.2 Å². The zero-order valence-corrected chi connectivity index (χ0v) is 19.9. The first-order chi connectivity index (χ1) is 15.6. The number of carbonyl (C=O) groups is 1. The second-order valence-electron chi connectivity index (χ2n) is 7.10. The van der Waals surface area contributed by atoms with Crippen LogP contribution < -0.4 is 14.8 Å². The van der Waals surface area contributed by atoms with Crippen LogP contribution in [-0.4, -0.2) is 33.5 Å². The van der Waals surface area contributed by atoms with Crippen molar-refractivity contribution in [3.05, 3.63) is 59.4 Å². The van der Waals surface area contributed by atoms with Crippen LogP contribution in [0.5, 0.6) is 11.5 Å². The maximum atomic E-state index is 12.7. The van der Waals surface area contributed by atoms with E-state index < -0.39 is 0 Å². The average Bonchev–Trinajstić information content (AvgIpc) is 3.23. The molecule has 7 nitrogen and oxygen atoms in total. The normalized spacial score (nSPS) is 10.8. The minimum atomic E-state index is -0.0488. The third-order valence-electron chi connectivity index (χ3n) is 5.13. The molecule has 170 valence electrons. The number of thioether (sulfide) groups is 1. The maximum absolute atomic E-state index is 12.7. The molecule has 1 heterocycles. The lowest BCUT2D eigenvalue weighted by Gasteiger charge is -2.14. The zero-order chi connectivity index (χ0) is 22.9. The van der Waals surface area contributed by atoms with Gasteiger partial charge < -0.3 is 19.4 Å². The monoisotopic (exact) mass is 454 g/mol. The molecule has 0 bridgehead atoms. The number of anilines is 1. The van der Waals surface area contributed by atoms with Crippen molar-refractivity contribution in [3.63, 3.8) is 0 Å². The van der Waals surface area contributed by atoms with Gasteiger partial charge >= 0.3 is 0 Å². The molecule has 0 radical (unpaired) electrons. The first kappa shape index (κ1) is 23.7. The number of carbonyl (C=O) groups excluding carboxylic acids is 1. The van der Waals surface area contributed by atoms with Crippen LogP contribution in [-0.2, 0) is 30.8 Å². The number of nitrogens with zero attached hydrogens (tertiary/aromatic N) is 3. The number of aryl methyl sites for hydroxylation is 2. The molecule has 0 saturated carbocycles. The molecule has 3 aromatic rings. The molecule has 0 unspecified atom stereocenters. The standard InChI is InChI=1S/C24H30N4O3S/c1-5-17-9-8-10-18(6-2)23(17)25-22(29)16-32-24-27-26-21(28(24)7-3)15-31-20-13-11-19(30-4)12-14-20/h8-14H,5-7,15-16H2,1-4H3,(H,25,29). The Kier molecular flexibility index (Phi) is 8.56. The molecule has 0 aliphatic heterocycles. The quantitative estimate of drug-likeness (QED) is 0.422. The summed E-state index contributed by atoms with van der Waals surface area (Å²) in [4.78, 5) is 12.7. The van der Waals surface area contributed by atoms with Gasteiger partial charge in [-0.1, -0.05) is 43.8 Å². The van der Waals surface area contributed by atoms with Gasteiger partial charge in [0.1, 0.15) is 18.1 Å². The van der Waals surface area contributed by atoms with Gasteiger partial charge in [0.2, 0.25) is 5.91 Å². The number of amides is 1. The largest absolute Gasteiger partial charge is 0.497 e. The van der Waals surface area contributed by atoms with Crippen molar-refractivity contribution < 1.29 is 14.3 Å². The van der Waals surface area contributed by atoms with Crippen LogP contribution in [0.2, 0.25) is 0 Å². The lowest BCUT2D eigenvalue weighted by molar-refractivity contribution is -0.113. The molecular weight excluding hydrogens is 424 g/mol. The predicted octanol–water partition coefficient (Wildman–Crippen LogP) is 4.74. The summed E-state index contributed by atoms with van der Waals surface area (Å²) in [6.07, 6.45) is 1.75. The molecular formula is C24H30N4O3S. The van der Waals surface area contributed by atoms with Crippen molar-refractivity contribution in [2.24, 2.45) is 0 Å². The molecule has 1 amide bonds. The van der Waals surface area contributed by atoms with E-state index in [0.29, 0.717) is 18.3 Å². The summed E-state index contributed by atoms with van der Waals surface area (Å²) < 4.78 is 13.0. The number of hydrogen-bond donors (Lipinski definition) is 1. The number of ether oxygens (including phenoxy) is 2. The van der Waals surface area contributed by atoms with E-state index in [2.05, 4.69) is 41.5 Å². The molecule has 0 atom stereocenters. The van der Waals surface area contributed by atoms with E-state index in [1.165, 1.54) is 11.8 Å². The maximum Gasteiger partial charge on any atom is 0.234 e. The Morgan fingerprint density at radius 2 is 1.66 bits per heavy atom. The highest BCUT2D eigenvalue weighted by molar-refractivity contribution is 7.99. The smallest absolute Gasteiger partial charge is 0.234 e. The minimum Gasteiger partial charge on any atom is -0.497 e. The molecule has 2 aromatic carbocycles. The topological polar surface area (TPSA) is 78.3 Å². The predicted molar refractivity (Wildman–Crippen MR) is 128 cm³/mol.